The first-order valence-electron chi connectivity index (χ1n) is 9.58. The van der Waals surface area contributed by atoms with Gasteiger partial charge in [-0.25, -0.2) is 4.79 Å². The van der Waals surface area contributed by atoms with Crippen molar-refractivity contribution in [1.82, 2.24) is 0 Å². The van der Waals surface area contributed by atoms with Crippen LogP contribution in [0.1, 0.15) is 24.2 Å². The average molecular weight is 444 g/mol. The number of carboxylic acid groups (broad SMARTS) is 1. The lowest BCUT2D eigenvalue weighted by atomic mass is 9.97. The summed E-state index contributed by atoms with van der Waals surface area (Å²) in [7, 11) is -3.40. The number of hydrogen-bond donors (Lipinski definition) is 4. The van der Waals surface area contributed by atoms with Crippen LogP contribution in [0.5, 0.6) is 0 Å². The molecule has 0 amide bonds. The van der Waals surface area contributed by atoms with Crippen molar-refractivity contribution in [2.75, 3.05) is 13.2 Å². The lowest BCUT2D eigenvalue weighted by molar-refractivity contribution is 0.0696. The van der Waals surface area contributed by atoms with Crippen LogP contribution in [-0.2, 0) is 4.57 Å². The van der Waals surface area contributed by atoms with E-state index in [1.807, 2.05) is 12.1 Å². The summed E-state index contributed by atoms with van der Waals surface area (Å²) in [6, 6.07) is 25.7. The Morgan fingerprint density at radius 2 is 1.06 bits per heavy atom. The monoisotopic (exact) mass is 444 g/mol. The largest absolute Gasteiger partial charge is 0.478 e. The minimum atomic E-state index is -3.40. The van der Waals surface area contributed by atoms with Crippen molar-refractivity contribution in [2.24, 2.45) is 5.41 Å². The van der Waals surface area contributed by atoms with E-state index in [2.05, 4.69) is 0 Å². The second kappa shape index (κ2) is 12.8. The molecular weight excluding hydrogens is 415 g/mol. The number of hydrogen-bond acceptors (Lipinski definition) is 4. The molecule has 0 radical (unpaired) electrons. The van der Waals surface area contributed by atoms with E-state index in [1.54, 1.807) is 92.7 Å². The average Bonchev–Trinajstić information content (AvgIpc) is 2.81. The molecule has 0 spiro atoms. The molecule has 3 rings (SSSR count). The van der Waals surface area contributed by atoms with Crippen molar-refractivity contribution in [1.29, 1.82) is 0 Å². The Morgan fingerprint density at radius 1 is 0.742 bits per heavy atom. The molecule has 0 saturated heterocycles. The summed E-state index contributed by atoms with van der Waals surface area (Å²) in [6.45, 7) is 3.69. The Kier molecular flexibility index (Phi) is 10.9. The Morgan fingerprint density at radius 3 is 1.29 bits per heavy atom. The number of carboxylic acids is 1. The molecule has 0 atom stereocenters. The number of aromatic carboxylic acids is 1. The predicted octanol–water partition coefficient (Wildman–Crippen LogP) is 3.29. The molecule has 0 aliphatic carbocycles. The van der Waals surface area contributed by atoms with Gasteiger partial charge in [0.15, 0.2) is 0 Å². The highest BCUT2D eigenvalue weighted by Gasteiger charge is 2.22. The molecule has 0 aromatic heterocycles. The van der Waals surface area contributed by atoms with E-state index in [1.165, 1.54) is 0 Å². The van der Waals surface area contributed by atoms with Gasteiger partial charge in [0.1, 0.15) is 0 Å². The molecule has 166 valence electrons. The van der Waals surface area contributed by atoms with Gasteiger partial charge in [-0.3, -0.25) is 4.57 Å². The molecule has 0 unspecified atom stereocenters. The van der Waals surface area contributed by atoms with Gasteiger partial charge in [-0.05, 0) is 36.4 Å². The van der Waals surface area contributed by atoms with Crippen LogP contribution in [0.25, 0.3) is 0 Å². The number of benzene rings is 3. The summed E-state index contributed by atoms with van der Waals surface area (Å²) in [4.78, 5) is 20.2. The fourth-order valence-corrected chi connectivity index (χ4v) is 3.49. The zero-order valence-electron chi connectivity index (χ0n) is 17.6. The molecule has 0 bridgehead atoms. The van der Waals surface area contributed by atoms with Crippen LogP contribution in [0.15, 0.2) is 91.0 Å². The van der Waals surface area contributed by atoms with Gasteiger partial charge in [0.2, 0.25) is 0 Å². The second-order valence-electron chi connectivity index (χ2n) is 7.40. The summed E-state index contributed by atoms with van der Waals surface area (Å²) >= 11 is 0. The van der Waals surface area contributed by atoms with Crippen LogP contribution in [0.3, 0.4) is 0 Å². The van der Waals surface area contributed by atoms with Crippen LogP contribution >= 0.6 is 7.37 Å². The molecule has 0 fully saturated rings. The smallest absolute Gasteiger partial charge is 0.335 e. The van der Waals surface area contributed by atoms with Gasteiger partial charge in [0.25, 0.3) is 7.37 Å². The molecule has 0 saturated carbocycles. The molecule has 0 aliphatic rings. The van der Waals surface area contributed by atoms with Gasteiger partial charge in [0, 0.05) is 16.0 Å². The molecule has 7 heteroatoms. The molecule has 3 aromatic carbocycles. The van der Waals surface area contributed by atoms with Crippen LogP contribution in [0.4, 0.5) is 0 Å². The van der Waals surface area contributed by atoms with Crippen LogP contribution in [0, 0.1) is 5.41 Å². The Labute approximate surface area is 182 Å². The second-order valence-corrected chi connectivity index (χ2v) is 9.58. The van der Waals surface area contributed by atoms with E-state index >= 15 is 0 Å². The van der Waals surface area contributed by atoms with Gasteiger partial charge >= 0.3 is 5.97 Å². The highest BCUT2D eigenvalue weighted by molar-refractivity contribution is 7.73. The molecule has 0 heterocycles. The van der Waals surface area contributed by atoms with E-state index in [0.717, 1.165) is 0 Å². The topological polar surface area (TPSA) is 115 Å². The van der Waals surface area contributed by atoms with Crippen molar-refractivity contribution < 1.29 is 29.6 Å². The van der Waals surface area contributed by atoms with Crippen molar-refractivity contribution >= 4 is 23.9 Å². The highest BCUT2D eigenvalue weighted by Crippen LogP contribution is 2.37. The molecule has 6 nitrogen and oxygen atoms in total. The first-order chi connectivity index (χ1) is 14.6. The maximum Gasteiger partial charge on any atom is 0.335 e. The van der Waals surface area contributed by atoms with Gasteiger partial charge in [-0.1, -0.05) is 68.4 Å². The summed E-state index contributed by atoms with van der Waals surface area (Å²) in [5, 5.41) is 26.2. The highest BCUT2D eigenvalue weighted by atomic mass is 31.2. The van der Waals surface area contributed by atoms with E-state index < -0.39 is 13.3 Å². The summed E-state index contributed by atoms with van der Waals surface area (Å²) in [6.07, 6.45) is 0. The Hall–Kier alpha value is -2.76. The van der Waals surface area contributed by atoms with Crippen molar-refractivity contribution in [3.63, 3.8) is 0 Å². The predicted molar refractivity (Wildman–Crippen MR) is 123 cm³/mol. The Balaban J connectivity index is 0.000000257. The number of rotatable bonds is 5. The first kappa shape index (κ1) is 26.3. The zero-order valence-corrected chi connectivity index (χ0v) is 18.5. The number of carbonyl (C=O) groups is 1. The lowest BCUT2D eigenvalue weighted by Gasteiger charge is -2.16. The Bertz CT molecular complexity index is 894. The summed E-state index contributed by atoms with van der Waals surface area (Å²) in [5.41, 5.74) is 0.0255. The summed E-state index contributed by atoms with van der Waals surface area (Å²) in [5.74, 6) is -0.879. The molecule has 3 aromatic rings. The first-order valence-corrected chi connectivity index (χ1v) is 11.2. The molecule has 0 aliphatic heterocycles. The number of aliphatic hydroxyl groups excluding tert-OH is 2. The standard InChI is InChI=1S/C12H11O2P.C7H6O2.C5H12O2/c13-15(14,11-7-3-1-4-8-11)12-9-5-2-6-10-12;8-7(9)6-4-2-1-3-5-6;1-5(2,3-6)4-7/h1-10H,(H,13,14);1-5H,(H,8,9);6-7H,3-4H2,1-2H3. The third-order valence-corrected chi connectivity index (χ3v) is 6.09. The summed E-state index contributed by atoms with van der Waals surface area (Å²) < 4.78 is 12.2. The fraction of sp³-hybridized carbons (Fsp3) is 0.208. The SMILES string of the molecule is CC(C)(CO)CO.O=C(O)c1ccccc1.O=P(O)(c1ccccc1)c1ccccc1. The third kappa shape index (κ3) is 9.28. The van der Waals surface area contributed by atoms with Crippen molar-refractivity contribution in [3.05, 3.63) is 96.6 Å². The van der Waals surface area contributed by atoms with E-state index in [9.17, 15) is 14.3 Å². The minimum Gasteiger partial charge on any atom is -0.478 e. The van der Waals surface area contributed by atoms with Gasteiger partial charge in [0.05, 0.1) is 18.8 Å². The maximum absolute atomic E-state index is 12.2. The zero-order chi connectivity index (χ0) is 23.3. The van der Waals surface area contributed by atoms with E-state index in [-0.39, 0.29) is 18.6 Å². The van der Waals surface area contributed by atoms with Crippen LogP contribution in [-0.4, -0.2) is 39.4 Å². The molecular formula is C24H29O6P. The quantitative estimate of drug-likeness (QED) is 0.449. The third-order valence-electron chi connectivity index (χ3n) is 4.09. The number of aliphatic hydroxyl groups is 2. The van der Waals surface area contributed by atoms with Crippen LogP contribution in [0.2, 0.25) is 0 Å². The van der Waals surface area contributed by atoms with Gasteiger partial charge in [-0.15, -0.1) is 0 Å². The van der Waals surface area contributed by atoms with Gasteiger partial charge in [-0.2, -0.15) is 0 Å². The van der Waals surface area contributed by atoms with E-state index in [0.29, 0.717) is 16.2 Å². The van der Waals surface area contributed by atoms with E-state index in [4.69, 9.17) is 15.3 Å². The van der Waals surface area contributed by atoms with Gasteiger partial charge < -0.3 is 20.2 Å². The maximum atomic E-state index is 12.2. The minimum absolute atomic E-state index is 0.0451. The normalized spacial score (nSPS) is 10.7. The molecule has 31 heavy (non-hydrogen) atoms. The molecule has 4 N–H and O–H groups in total. The lowest BCUT2D eigenvalue weighted by Crippen LogP contribution is -2.20. The van der Waals surface area contributed by atoms with Crippen LogP contribution < -0.4 is 10.6 Å². The van der Waals surface area contributed by atoms with Crippen molar-refractivity contribution in [3.8, 4) is 0 Å². The van der Waals surface area contributed by atoms with Crippen molar-refractivity contribution in [2.45, 2.75) is 13.8 Å². The fourth-order valence-electron chi connectivity index (χ4n) is 2.04.